The molecule has 5 nitrogen and oxygen atoms in total. The molecule has 0 heterocycles. The Morgan fingerprint density at radius 1 is 1.29 bits per heavy atom. The third kappa shape index (κ3) is 6.52. The van der Waals surface area contributed by atoms with Crippen molar-refractivity contribution < 1.29 is 17.9 Å². The number of benzene rings is 1. The van der Waals surface area contributed by atoms with Crippen molar-refractivity contribution in [3.63, 3.8) is 0 Å². The number of ether oxygens (including phenoxy) is 2. The van der Waals surface area contributed by atoms with Crippen LogP contribution in [0.2, 0.25) is 5.02 Å². The van der Waals surface area contributed by atoms with Gasteiger partial charge in [-0.2, -0.15) is 0 Å². The van der Waals surface area contributed by atoms with Gasteiger partial charge in [0, 0.05) is 11.1 Å². The molecule has 1 aromatic rings. The normalized spacial score (nSPS) is 11.9. The molecule has 0 radical (unpaired) electrons. The molecule has 0 amide bonds. The fourth-order valence-corrected chi connectivity index (χ4v) is 3.30. The van der Waals surface area contributed by atoms with Gasteiger partial charge in [-0.3, -0.25) is 0 Å². The van der Waals surface area contributed by atoms with Gasteiger partial charge in [0.15, 0.2) is 5.75 Å². The Kier molecular flexibility index (Phi) is 7.42. The highest BCUT2D eigenvalue weighted by Gasteiger charge is 2.19. The summed E-state index contributed by atoms with van der Waals surface area (Å²) in [5.74, 6) is 0.621. The summed E-state index contributed by atoms with van der Waals surface area (Å²) in [7, 11) is -3.92. The molecule has 21 heavy (non-hydrogen) atoms. The van der Waals surface area contributed by atoms with E-state index >= 15 is 0 Å². The minimum Gasteiger partial charge on any atom is -0.488 e. The Hall–Kier alpha value is -0.340. The van der Waals surface area contributed by atoms with Gasteiger partial charge in [-0.05, 0) is 24.5 Å². The van der Waals surface area contributed by atoms with Crippen molar-refractivity contribution >= 4 is 37.6 Å². The zero-order valence-corrected chi connectivity index (χ0v) is 15.1. The van der Waals surface area contributed by atoms with Crippen LogP contribution in [-0.2, 0) is 14.8 Å². The summed E-state index contributed by atoms with van der Waals surface area (Å²) in [6.45, 7) is 5.40. The molecule has 0 aliphatic carbocycles. The van der Waals surface area contributed by atoms with Crippen molar-refractivity contribution in [3.8, 4) is 5.75 Å². The van der Waals surface area contributed by atoms with Crippen molar-refractivity contribution in [2.75, 3.05) is 19.8 Å². The van der Waals surface area contributed by atoms with E-state index in [0.29, 0.717) is 23.6 Å². The summed E-state index contributed by atoms with van der Waals surface area (Å²) < 4.78 is 34.4. The Balaban J connectivity index is 2.67. The molecule has 0 spiro atoms. The highest BCUT2D eigenvalue weighted by molar-refractivity contribution is 9.10. The quantitative estimate of drug-likeness (QED) is 0.680. The SMILES string of the molecule is CC(C)CCOCCOc1c(Cl)cc(Br)cc1S(N)(=O)=O. The highest BCUT2D eigenvalue weighted by Crippen LogP contribution is 2.34. The second-order valence-corrected chi connectivity index (χ2v) is 7.76. The van der Waals surface area contributed by atoms with E-state index in [1.54, 1.807) is 6.07 Å². The van der Waals surface area contributed by atoms with Crippen LogP contribution < -0.4 is 9.88 Å². The molecule has 0 saturated heterocycles. The summed E-state index contributed by atoms with van der Waals surface area (Å²) in [6.07, 6.45) is 0.960. The molecule has 0 aliphatic rings. The fraction of sp³-hybridized carbons (Fsp3) is 0.538. The molecule has 0 fully saturated rings. The van der Waals surface area contributed by atoms with Gasteiger partial charge in [0.1, 0.15) is 11.5 Å². The number of primary sulfonamides is 1. The minimum absolute atomic E-state index is 0.0508. The van der Waals surface area contributed by atoms with E-state index in [1.807, 2.05) is 0 Å². The number of hydrogen-bond donors (Lipinski definition) is 1. The molecule has 0 atom stereocenters. The lowest BCUT2D eigenvalue weighted by Gasteiger charge is -2.13. The topological polar surface area (TPSA) is 78.6 Å². The number of halogens is 2. The molecule has 0 saturated carbocycles. The Labute approximate surface area is 138 Å². The first kappa shape index (κ1) is 18.7. The number of nitrogens with two attached hydrogens (primary N) is 1. The standard InChI is InChI=1S/C13H19BrClNO4S/c1-9(2)3-4-19-5-6-20-13-11(15)7-10(14)8-12(13)21(16,17)18/h7-9H,3-6H2,1-2H3,(H2,16,17,18). The van der Waals surface area contributed by atoms with Crippen molar-refractivity contribution in [2.45, 2.75) is 25.2 Å². The monoisotopic (exact) mass is 399 g/mol. The first-order valence-electron chi connectivity index (χ1n) is 6.44. The highest BCUT2D eigenvalue weighted by atomic mass is 79.9. The van der Waals surface area contributed by atoms with E-state index in [2.05, 4.69) is 29.8 Å². The van der Waals surface area contributed by atoms with E-state index in [4.69, 9.17) is 26.2 Å². The maximum absolute atomic E-state index is 11.6. The van der Waals surface area contributed by atoms with Crippen LogP contribution >= 0.6 is 27.5 Å². The first-order valence-corrected chi connectivity index (χ1v) is 9.16. The zero-order chi connectivity index (χ0) is 16.0. The second-order valence-electron chi connectivity index (χ2n) is 4.90. The predicted molar refractivity (Wildman–Crippen MR) is 86.3 cm³/mol. The molecule has 0 bridgehead atoms. The molecular formula is C13H19BrClNO4S. The van der Waals surface area contributed by atoms with Crippen molar-refractivity contribution in [1.29, 1.82) is 0 Å². The average molecular weight is 401 g/mol. The van der Waals surface area contributed by atoms with Crippen LogP contribution in [0.4, 0.5) is 0 Å². The van der Waals surface area contributed by atoms with Crippen molar-refractivity contribution in [1.82, 2.24) is 0 Å². The molecule has 0 aromatic heterocycles. The molecule has 1 aromatic carbocycles. The Bertz CT molecular complexity index is 578. The summed E-state index contributed by atoms with van der Waals surface area (Å²) in [6, 6.07) is 2.90. The maximum Gasteiger partial charge on any atom is 0.241 e. The maximum atomic E-state index is 11.6. The van der Waals surface area contributed by atoms with E-state index in [1.165, 1.54) is 6.07 Å². The first-order chi connectivity index (χ1) is 9.71. The van der Waals surface area contributed by atoms with Gasteiger partial charge >= 0.3 is 0 Å². The molecule has 0 unspecified atom stereocenters. The van der Waals surface area contributed by atoms with Gasteiger partial charge in [-0.15, -0.1) is 0 Å². The lowest BCUT2D eigenvalue weighted by Crippen LogP contribution is -2.16. The van der Waals surface area contributed by atoms with Crippen LogP contribution in [0.25, 0.3) is 0 Å². The van der Waals surface area contributed by atoms with E-state index in [0.717, 1.165) is 6.42 Å². The number of hydrogen-bond acceptors (Lipinski definition) is 4. The van der Waals surface area contributed by atoms with Gasteiger partial charge in [0.2, 0.25) is 10.0 Å². The van der Waals surface area contributed by atoms with E-state index < -0.39 is 10.0 Å². The largest absolute Gasteiger partial charge is 0.488 e. The van der Waals surface area contributed by atoms with Crippen LogP contribution in [0.3, 0.4) is 0 Å². The molecular weight excluding hydrogens is 382 g/mol. The van der Waals surface area contributed by atoms with Crippen LogP contribution in [-0.4, -0.2) is 28.2 Å². The molecule has 1 rings (SSSR count). The fourth-order valence-electron chi connectivity index (χ4n) is 1.51. The van der Waals surface area contributed by atoms with Gasteiger partial charge in [-0.1, -0.05) is 41.4 Å². The number of sulfonamides is 1. The van der Waals surface area contributed by atoms with Gasteiger partial charge < -0.3 is 9.47 Å². The summed E-state index contributed by atoms with van der Waals surface area (Å²) in [5, 5.41) is 5.34. The lowest BCUT2D eigenvalue weighted by molar-refractivity contribution is 0.0917. The Morgan fingerprint density at radius 2 is 1.95 bits per heavy atom. The molecule has 8 heteroatoms. The van der Waals surface area contributed by atoms with Gasteiger partial charge in [0.25, 0.3) is 0 Å². The third-order valence-electron chi connectivity index (χ3n) is 2.59. The second kappa shape index (κ2) is 8.33. The van der Waals surface area contributed by atoms with Crippen LogP contribution in [0.1, 0.15) is 20.3 Å². The lowest BCUT2D eigenvalue weighted by atomic mass is 10.1. The number of rotatable bonds is 8. The third-order valence-corrected chi connectivity index (χ3v) is 4.25. The smallest absolute Gasteiger partial charge is 0.241 e. The van der Waals surface area contributed by atoms with Crippen molar-refractivity contribution in [2.24, 2.45) is 11.1 Å². The van der Waals surface area contributed by atoms with Crippen LogP contribution in [0, 0.1) is 5.92 Å². The summed E-state index contributed by atoms with van der Waals surface area (Å²) >= 11 is 9.18. The minimum atomic E-state index is -3.92. The molecule has 120 valence electrons. The summed E-state index contributed by atoms with van der Waals surface area (Å²) in [4.78, 5) is -0.149. The predicted octanol–water partition coefficient (Wildman–Crippen LogP) is 3.19. The zero-order valence-electron chi connectivity index (χ0n) is 11.9. The van der Waals surface area contributed by atoms with Crippen LogP contribution in [0.15, 0.2) is 21.5 Å². The molecule has 2 N–H and O–H groups in total. The van der Waals surface area contributed by atoms with Gasteiger partial charge in [-0.25, -0.2) is 13.6 Å². The van der Waals surface area contributed by atoms with Crippen LogP contribution in [0.5, 0.6) is 5.75 Å². The van der Waals surface area contributed by atoms with Gasteiger partial charge in [0.05, 0.1) is 11.6 Å². The summed E-state index contributed by atoms with van der Waals surface area (Å²) in [5.41, 5.74) is 0. The molecule has 0 aliphatic heterocycles. The Morgan fingerprint density at radius 3 is 2.52 bits per heavy atom. The van der Waals surface area contributed by atoms with E-state index in [9.17, 15) is 8.42 Å². The van der Waals surface area contributed by atoms with E-state index in [-0.39, 0.29) is 22.3 Å². The van der Waals surface area contributed by atoms with Crippen molar-refractivity contribution in [3.05, 3.63) is 21.6 Å². The average Bonchev–Trinajstić information content (AvgIpc) is 2.33.